The lowest BCUT2D eigenvalue weighted by atomic mass is 10.2. The first-order chi connectivity index (χ1) is 8.74. The summed E-state index contributed by atoms with van der Waals surface area (Å²) in [6.45, 7) is 0.558. The number of halogens is 1. The third-order valence-electron chi connectivity index (χ3n) is 2.47. The number of aromatic nitrogens is 2. The van der Waals surface area contributed by atoms with Crippen LogP contribution in [0.1, 0.15) is 5.82 Å². The van der Waals surface area contributed by atoms with Crippen molar-refractivity contribution in [2.24, 2.45) is 0 Å². The van der Waals surface area contributed by atoms with Crippen molar-refractivity contribution in [3.8, 4) is 11.5 Å². The molecule has 1 heterocycles. The maximum absolute atomic E-state index is 6.15. The van der Waals surface area contributed by atoms with Gasteiger partial charge in [0, 0.05) is 24.5 Å². The molecule has 96 valence electrons. The van der Waals surface area contributed by atoms with E-state index >= 15 is 0 Å². The van der Waals surface area contributed by atoms with E-state index in [1.54, 1.807) is 38.7 Å². The fraction of sp³-hybridized carbons (Fsp3) is 0.250. The average molecular weight is 268 g/mol. The van der Waals surface area contributed by atoms with Crippen LogP contribution in [0, 0.1) is 0 Å². The molecule has 0 saturated heterocycles. The number of rotatable bonds is 5. The zero-order chi connectivity index (χ0) is 13.0. The second kappa shape index (κ2) is 5.64. The van der Waals surface area contributed by atoms with Crippen molar-refractivity contribution in [1.82, 2.24) is 9.97 Å². The molecule has 0 aliphatic rings. The molecule has 0 spiro atoms. The van der Waals surface area contributed by atoms with Crippen molar-refractivity contribution in [3.63, 3.8) is 0 Å². The number of nitrogens with zero attached hydrogens (tertiary/aromatic N) is 1. The highest BCUT2D eigenvalue weighted by Crippen LogP contribution is 2.36. The Labute approximate surface area is 110 Å². The van der Waals surface area contributed by atoms with E-state index in [0.29, 0.717) is 23.1 Å². The number of hydrogen-bond acceptors (Lipinski definition) is 4. The largest absolute Gasteiger partial charge is 0.493 e. The number of methoxy groups -OCH3 is 2. The topological polar surface area (TPSA) is 59.2 Å². The van der Waals surface area contributed by atoms with Crippen LogP contribution in [0.25, 0.3) is 0 Å². The van der Waals surface area contributed by atoms with Crippen LogP contribution in [-0.4, -0.2) is 24.2 Å². The van der Waals surface area contributed by atoms with E-state index in [9.17, 15) is 0 Å². The molecule has 0 unspecified atom stereocenters. The third kappa shape index (κ3) is 2.68. The van der Waals surface area contributed by atoms with Gasteiger partial charge in [0.15, 0.2) is 11.5 Å². The summed E-state index contributed by atoms with van der Waals surface area (Å²) in [5.74, 6) is 2.07. The molecule has 2 aromatic rings. The number of hydrogen-bond donors (Lipinski definition) is 2. The van der Waals surface area contributed by atoms with E-state index in [1.165, 1.54) is 0 Å². The van der Waals surface area contributed by atoms with E-state index in [1.807, 2.05) is 0 Å². The molecule has 0 amide bonds. The van der Waals surface area contributed by atoms with Gasteiger partial charge in [-0.3, -0.25) is 0 Å². The van der Waals surface area contributed by atoms with Crippen LogP contribution in [0.15, 0.2) is 24.5 Å². The van der Waals surface area contributed by atoms with Crippen molar-refractivity contribution in [2.75, 3.05) is 19.5 Å². The second-order valence-electron chi connectivity index (χ2n) is 3.58. The number of anilines is 1. The van der Waals surface area contributed by atoms with Gasteiger partial charge in [-0.2, -0.15) is 0 Å². The summed E-state index contributed by atoms with van der Waals surface area (Å²) in [6, 6.07) is 3.51. The molecule has 0 aliphatic heterocycles. The summed E-state index contributed by atoms with van der Waals surface area (Å²) in [5.41, 5.74) is 0.769. The van der Waals surface area contributed by atoms with Crippen LogP contribution in [0.3, 0.4) is 0 Å². The van der Waals surface area contributed by atoms with E-state index in [0.717, 1.165) is 11.5 Å². The van der Waals surface area contributed by atoms with Gasteiger partial charge < -0.3 is 19.8 Å². The molecule has 5 nitrogen and oxygen atoms in total. The Kier molecular flexibility index (Phi) is 3.94. The number of H-pyrrole nitrogens is 1. The lowest BCUT2D eigenvalue weighted by Crippen LogP contribution is -2.02. The lowest BCUT2D eigenvalue weighted by molar-refractivity contribution is 0.355. The van der Waals surface area contributed by atoms with Crippen LogP contribution in [-0.2, 0) is 6.54 Å². The maximum atomic E-state index is 6.15. The van der Waals surface area contributed by atoms with Crippen LogP contribution in [0.2, 0.25) is 5.02 Å². The minimum atomic E-state index is 0.558. The maximum Gasteiger partial charge on any atom is 0.162 e. The minimum absolute atomic E-state index is 0.558. The molecule has 6 heteroatoms. The zero-order valence-corrected chi connectivity index (χ0v) is 10.9. The van der Waals surface area contributed by atoms with Gasteiger partial charge in [-0.15, -0.1) is 0 Å². The van der Waals surface area contributed by atoms with Gasteiger partial charge in [0.25, 0.3) is 0 Å². The number of ether oxygens (including phenoxy) is 2. The standard InChI is InChI=1S/C12H14ClN3O2/c1-17-10-5-8(13)9(6-11(10)18-2)16-7-12-14-3-4-15-12/h3-6,16H,7H2,1-2H3,(H,14,15). The van der Waals surface area contributed by atoms with Gasteiger partial charge in [-0.05, 0) is 0 Å². The summed E-state index contributed by atoms with van der Waals surface area (Å²) in [5, 5.41) is 3.75. The van der Waals surface area contributed by atoms with Crippen LogP contribution >= 0.6 is 11.6 Å². The van der Waals surface area contributed by atoms with E-state index in [-0.39, 0.29) is 0 Å². The average Bonchev–Trinajstić information content (AvgIpc) is 2.90. The number of imidazole rings is 1. The van der Waals surface area contributed by atoms with Crippen molar-refractivity contribution >= 4 is 17.3 Å². The molecule has 0 radical (unpaired) electrons. The Balaban J connectivity index is 2.17. The van der Waals surface area contributed by atoms with E-state index in [4.69, 9.17) is 21.1 Å². The summed E-state index contributed by atoms with van der Waals surface area (Å²) in [4.78, 5) is 7.13. The monoisotopic (exact) mass is 267 g/mol. The molecule has 0 fully saturated rings. The summed E-state index contributed by atoms with van der Waals surface area (Å²) in [6.07, 6.45) is 3.47. The van der Waals surface area contributed by atoms with Gasteiger partial charge in [0.1, 0.15) is 5.82 Å². The van der Waals surface area contributed by atoms with Crippen LogP contribution in [0.5, 0.6) is 11.5 Å². The lowest BCUT2D eigenvalue weighted by Gasteiger charge is -2.12. The molecular formula is C12H14ClN3O2. The van der Waals surface area contributed by atoms with Crippen molar-refractivity contribution < 1.29 is 9.47 Å². The Morgan fingerprint density at radius 3 is 2.61 bits per heavy atom. The quantitative estimate of drug-likeness (QED) is 0.874. The Bertz CT molecular complexity index is 514. The van der Waals surface area contributed by atoms with Crippen molar-refractivity contribution in [1.29, 1.82) is 0 Å². The predicted molar refractivity (Wildman–Crippen MR) is 70.5 cm³/mol. The molecule has 2 rings (SSSR count). The normalized spacial score (nSPS) is 10.2. The molecule has 18 heavy (non-hydrogen) atoms. The highest BCUT2D eigenvalue weighted by atomic mass is 35.5. The van der Waals surface area contributed by atoms with Gasteiger partial charge >= 0.3 is 0 Å². The van der Waals surface area contributed by atoms with Crippen LogP contribution < -0.4 is 14.8 Å². The fourth-order valence-corrected chi connectivity index (χ4v) is 1.78. The predicted octanol–water partition coefficient (Wildman–Crippen LogP) is 2.69. The highest BCUT2D eigenvalue weighted by Gasteiger charge is 2.09. The first kappa shape index (κ1) is 12.6. The van der Waals surface area contributed by atoms with Gasteiger partial charge in [-0.1, -0.05) is 11.6 Å². The van der Waals surface area contributed by atoms with Gasteiger partial charge in [0.05, 0.1) is 31.5 Å². The molecule has 1 aromatic heterocycles. The SMILES string of the molecule is COc1cc(Cl)c(NCc2ncc[nH]2)cc1OC. The minimum Gasteiger partial charge on any atom is -0.493 e. The summed E-state index contributed by atoms with van der Waals surface area (Å²) in [7, 11) is 3.16. The summed E-state index contributed by atoms with van der Waals surface area (Å²) >= 11 is 6.15. The van der Waals surface area contributed by atoms with E-state index < -0.39 is 0 Å². The molecule has 0 atom stereocenters. The highest BCUT2D eigenvalue weighted by molar-refractivity contribution is 6.33. The van der Waals surface area contributed by atoms with Gasteiger partial charge in [0.2, 0.25) is 0 Å². The Morgan fingerprint density at radius 1 is 1.28 bits per heavy atom. The molecule has 0 saturated carbocycles. The molecule has 0 aliphatic carbocycles. The molecule has 0 bridgehead atoms. The smallest absolute Gasteiger partial charge is 0.162 e. The zero-order valence-electron chi connectivity index (χ0n) is 10.2. The fourth-order valence-electron chi connectivity index (χ4n) is 1.56. The first-order valence-electron chi connectivity index (χ1n) is 5.38. The first-order valence-corrected chi connectivity index (χ1v) is 5.76. The van der Waals surface area contributed by atoms with Gasteiger partial charge in [-0.25, -0.2) is 4.98 Å². The van der Waals surface area contributed by atoms with Crippen molar-refractivity contribution in [2.45, 2.75) is 6.54 Å². The Hall–Kier alpha value is -1.88. The number of benzene rings is 1. The second-order valence-corrected chi connectivity index (χ2v) is 3.98. The van der Waals surface area contributed by atoms with Crippen molar-refractivity contribution in [3.05, 3.63) is 35.4 Å². The molecule has 2 N–H and O–H groups in total. The number of aromatic amines is 1. The van der Waals surface area contributed by atoms with Crippen LogP contribution in [0.4, 0.5) is 5.69 Å². The Morgan fingerprint density at radius 2 is 2.00 bits per heavy atom. The van der Waals surface area contributed by atoms with E-state index in [2.05, 4.69) is 15.3 Å². The number of nitrogens with one attached hydrogen (secondary N) is 2. The summed E-state index contributed by atoms with van der Waals surface area (Å²) < 4.78 is 10.4. The third-order valence-corrected chi connectivity index (χ3v) is 2.79. The molecule has 1 aromatic carbocycles. The molecular weight excluding hydrogens is 254 g/mol.